The topological polar surface area (TPSA) is 3.24 Å². The molecule has 0 saturated heterocycles. The summed E-state index contributed by atoms with van der Waals surface area (Å²) in [6, 6.07) is 1.67. The van der Waals surface area contributed by atoms with Crippen LogP contribution in [0.5, 0.6) is 0 Å². The second-order valence-electron chi connectivity index (χ2n) is 6.21. The van der Waals surface area contributed by atoms with E-state index in [-0.39, 0.29) is 0 Å². The van der Waals surface area contributed by atoms with Gasteiger partial charge in [-0.05, 0) is 37.6 Å². The number of hydrogen-bond donors (Lipinski definition) is 0. The molecule has 1 rings (SSSR count). The predicted molar refractivity (Wildman–Crippen MR) is 82.0 cm³/mol. The Morgan fingerprint density at radius 1 is 1.00 bits per heavy atom. The lowest BCUT2D eigenvalue weighted by Gasteiger charge is -2.45. The Bertz CT molecular complexity index is 214. The average Bonchev–Trinajstić information content (AvgIpc) is 2.43. The Morgan fingerprint density at radius 3 is 2.17 bits per heavy atom. The molecule has 0 bridgehead atoms. The molecule has 1 fully saturated rings. The average molecular weight is 253 g/mol. The molecular weight excluding hydrogens is 218 g/mol. The van der Waals surface area contributed by atoms with Gasteiger partial charge in [0.05, 0.1) is 0 Å². The SMILES string of the molecule is CCC1CCCC[C@H]1N(CC)C(CC)[C@H](C)CC. The van der Waals surface area contributed by atoms with E-state index in [1.165, 1.54) is 51.5 Å². The molecular formula is C17H35N. The van der Waals surface area contributed by atoms with Crippen molar-refractivity contribution < 1.29 is 0 Å². The van der Waals surface area contributed by atoms with Gasteiger partial charge in [-0.15, -0.1) is 0 Å². The fourth-order valence-electron chi connectivity index (χ4n) is 4.05. The molecule has 0 N–H and O–H groups in total. The summed E-state index contributed by atoms with van der Waals surface area (Å²) in [6.45, 7) is 13.2. The van der Waals surface area contributed by atoms with Crippen LogP contribution in [0.2, 0.25) is 0 Å². The minimum absolute atomic E-state index is 0.803. The molecule has 0 heterocycles. The molecule has 0 aliphatic heterocycles. The molecule has 108 valence electrons. The van der Waals surface area contributed by atoms with Crippen LogP contribution in [0, 0.1) is 11.8 Å². The van der Waals surface area contributed by atoms with Crippen LogP contribution in [0.1, 0.15) is 79.6 Å². The van der Waals surface area contributed by atoms with Crippen molar-refractivity contribution in [2.45, 2.75) is 91.6 Å². The van der Waals surface area contributed by atoms with Gasteiger partial charge in [-0.1, -0.05) is 60.3 Å². The molecule has 1 saturated carbocycles. The first-order valence-corrected chi connectivity index (χ1v) is 8.45. The lowest BCUT2D eigenvalue weighted by atomic mass is 9.80. The van der Waals surface area contributed by atoms with Crippen molar-refractivity contribution >= 4 is 0 Å². The molecule has 0 spiro atoms. The zero-order valence-corrected chi connectivity index (χ0v) is 13.4. The monoisotopic (exact) mass is 253 g/mol. The van der Waals surface area contributed by atoms with Gasteiger partial charge in [0.15, 0.2) is 0 Å². The van der Waals surface area contributed by atoms with Crippen molar-refractivity contribution in [1.29, 1.82) is 0 Å². The fraction of sp³-hybridized carbons (Fsp3) is 1.00. The molecule has 18 heavy (non-hydrogen) atoms. The van der Waals surface area contributed by atoms with Crippen LogP contribution < -0.4 is 0 Å². The molecule has 0 aromatic carbocycles. The molecule has 0 aromatic heterocycles. The zero-order chi connectivity index (χ0) is 13.5. The highest BCUT2D eigenvalue weighted by Crippen LogP contribution is 2.33. The van der Waals surface area contributed by atoms with E-state index in [0.717, 1.165) is 23.9 Å². The summed E-state index contributed by atoms with van der Waals surface area (Å²) in [5, 5.41) is 0. The van der Waals surface area contributed by atoms with E-state index in [2.05, 4.69) is 39.5 Å². The van der Waals surface area contributed by atoms with Gasteiger partial charge in [0.2, 0.25) is 0 Å². The van der Waals surface area contributed by atoms with Gasteiger partial charge in [0, 0.05) is 12.1 Å². The Hall–Kier alpha value is -0.0400. The van der Waals surface area contributed by atoms with Crippen molar-refractivity contribution in [2.75, 3.05) is 6.54 Å². The summed E-state index contributed by atoms with van der Waals surface area (Å²) in [5.74, 6) is 1.80. The first-order chi connectivity index (χ1) is 8.69. The maximum Gasteiger partial charge on any atom is 0.0126 e. The van der Waals surface area contributed by atoms with E-state index in [9.17, 15) is 0 Å². The molecule has 1 heteroatoms. The smallest absolute Gasteiger partial charge is 0.0126 e. The van der Waals surface area contributed by atoms with Gasteiger partial charge in [-0.3, -0.25) is 4.90 Å². The van der Waals surface area contributed by atoms with Gasteiger partial charge in [0.25, 0.3) is 0 Å². The summed E-state index contributed by atoms with van der Waals surface area (Å²) in [6.07, 6.45) is 9.83. The fourth-order valence-corrected chi connectivity index (χ4v) is 4.05. The second kappa shape index (κ2) is 8.19. The zero-order valence-electron chi connectivity index (χ0n) is 13.4. The summed E-state index contributed by atoms with van der Waals surface area (Å²) in [7, 11) is 0. The lowest BCUT2D eigenvalue weighted by molar-refractivity contribution is 0.0400. The first-order valence-electron chi connectivity index (χ1n) is 8.45. The van der Waals surface area contributed by atoms with Gasteiger partial charge in [-0.2, -0.15) is 0 Å². The Morgan fingerprint density at radius 2 is 1.67 bits per heavy atom. The van der Waals surface area contributed by atoms with Gasteiger partial charge < -0.3 is 0 Å². The van der Waals surface area contributed by atoms with Crippen LogP contribution in [-0.2, 0) is 0 Å². The third kappa shape index (κ3) is 3.73. The minimum atomic E-state index is 0.803. The van der Waals surface area contributed by atoms with E-state index in [0.29, 0.717) is 0 Å². The third-order valence-corrected chi connectivity index (χ3v) is 5.33. The van der Waals surface area contributed by atoms with Crippen molar-refractivity contribution in [2.24, 2.45) is 11.8 Å². The summed E-state index contributed by atoms with van der Waals surface area (Å²) >= 11 is 0. The molecule has 0 aromatic rings. The maximum atomic E-state index is 2.86. The van der Waals surface area contributed by atoms with Crippen molar-refractivity contribution in [1.82, 2.24) is 4.90 Å². The minimum Gasteiger partial charge on any atom is -0.297 e. The number of rotatable bonds is 7. The maximum absolute atomic E-state index is 2.86. The third-order valence-electron chi connectivity index (χ3n) is 5.33. The summed E-state index contributed by atoms with van der Waals surface area (Å²) in [4.78, 5) is 2.86. The highest BCUT2D eigenvalue weighted by molar-refractivity contribution is 4.87. The van der Waals surface area contributed by atoms with E-state index in [1.54, 1.807) is 0 Å². The van der Waals surface area contributed by atoms with Crippen LogP contribution >= 0.6 is 0 Å². The highest BCUT2D eigenvalue weighted by Gasteiger charge is 2.33. The van der Waals surface area contributed by atoms with Crippen LogP contribution in [0.15, 0.2) is 0 Å². The predicted octanol–water partition coefficient (Wildman–Crippen LogP) is 5.10. The lowest BCUT2D eigenvalue weighted by Crippen LogP contribution is -2.50. The van der Waals surface area contributed by atoms with Crippen molar-refractivity contribution in [3.8, 4) is 0 Å². The summed E-state index contributed by atoms with van der Waals surface area (Å²) in [5.41, 5.74) is 0. The van der Waals surface area contributed by atoms with Crippen LogP contribution in [0.3, 0.4) is 0 Å². The Labute approximate surface area is 115 Å². The Kier molecular flexibility index (Phi) is 7.29. The highest BCUT2D eigenvalue weighted by atomic mass is 15.2. The quantitative estimate of drug-likeness (QED) is 0.610. The molecule has 4 atom stereocenters. The van der Waals surface area contributed by atoms with E-state index in [4.69, 9.17) is 0 Å². The number of hydrogen-bond acceptors (Lipinski definition) is 1. The van der Waals surface area contributed by atoms with Gasteiger partial charge in [0.1, 0.15) is 0 Å². The van der Waals surface area contributed by atoms with Crippen molar-refractivity contribution in [3.63, 3.8) is 0 Å². The molecule has 1 aliphatic rings. The number of nitrogens with zero attached hydrogens (tertiary/aromatic N) is 1. The van der Waals surface area contributed by atoms with Crippen LogP contribution in [-0.4, -0.2) is 23.5 Å². The van der Waals surface area contributed by atoms with Crippen LogP contribution in [0.4, 0.5) is 0 Å². The molecule has 2 unspecified atom stereocenters. The Balaban J connectivity index is 2.78. The van der Waals surface area contributed by atoms with Gasteiger partial charge >= 0.3 is 0 Å². The summed E-state index contributed by atoms with van der Waals surface area (Å²) < 4.78 is 0. The van der Waals surface area contributed by atoms with E-state index in [1.807, 2.05) is 0 Å². The normalized spacial score (nSPS) is 28.3. The van der Waals surface area contributed by atoms with E-state index >= 15 is 0 Å². The molecule has 1 nitrogen and oxygen atoms in total. The van der Waals surface area contributed by atoms with Crippen molar-refractivity contribution in [3.05, 3.63) is 0 Å². The standard InChI is InChI=1S/C17H35N/c1-6-14(5)16(8-3)18(9-4)17-13-11-10-12-15(17)7-2/h14-17H,6-13H2,1-5H3/t14-,15?,16?,17-/m1/s1. The first kappa shape index (κ1) is 16.0. The molecule has 1 aliphatic carbocycles. The second-order valence-corrected chi connectivity index (χ2v) is 6.21. The van der Waals surface area contributed by atoms with Crippen LogP contribution in [0.25, 0.3) is 0 Å². The molecule has 0 amide bonds. The van der Waals surface area contributed by atoms with E-state index < -0.39 is 0 Å². The van der Waals surface area contributed by atoms with Gasteiger partial charge in [-0.25, -0.2) is 0 Å². The largest absolute Gasteiger partial charge is 0.297 e. The molecule has 0 radical (unpaired) electrons.